The normalized spacial score (nSPS) is 24.5. The minimum Gasteiger partial charge on any atom is -0.320 e. The SMILES string of the molecule is CNCCC1CCN(CCN2CCCC2)CC1. The molecule has 0 unspecified atom stereocenters. The average Bonchev–Trinajstić information content (AvgIpc) is 2.88. The van der Waals surface area contributed by atoms with Gasteiger partial charge >= 0.3 is 0 Å². The maximum atomic E-state index is 3.27. The maximum Gasteiger partial charge on any atom is 0.0109 e. The summed E-state index contributed by atoms with van der Waals surface area (Å²) < 4.78 is 0. The number of hydrogen-bond donors (Lipinski definition) is 1. The highest BCUT2D eigenvalue weighted by Gasteiger charge is 2.19. The first kappa shape index (κ1) is 13.3. The molecule has 2 rings (SSSR count). The summed E-state index contributed by atoms with van der Waals surface area (Å²) in [5.41, 5.74) is 0. The topological polar surface area (TPSA) is 18.5 Å². The fourth-order valence-electron chi connectivity index (χ4n) is 3.14. The third-order valence-electron chi connectivity index (χ3n) is 4.44. The predicted molar refractivity (Wildman–Crippen MR) is 73.4 cm³/mol. The van der Waals surface area contributed by atoms with Gasteiger partial charge in [0.05, 0.1) is 0 Å². The monoisotopic (exact) mass is 239 g/mol. The van der Waals surface area contributed by atoms with Gasteiger partial charge in [-0.25, -0.2) is 0 Å². The van der Waals surface area contributed by atoms with Crippen molar-refractivity contribution in [3.05, 3.63) is 0 Å². The van der Waals surface area contributed by atoms with Crippen molar-refractivity contribution in [1.29, 1.82) is 0 Å². The molecule has 0 aromatic rings. The van der Waals surface area contributed by atoms with Crippen molar-refractivity contribution in [1.82, 2.24) is 15.1 Å². The highest BCUT2D eigenvalue weighted by molar-refractivity contribution is 4.75. The molecule has 0 saturated carbocycles. The second-order valence-electron chi connectivity index (χ2n) is 5.73. The first-order valence-electron chi connectivity index (χ1n) is 7.48. The summed E-state index contributed by atoms with van der Waals surface area (Å²) in [7, 11) is 2.06. The lowest BCUT2D eigenvalue weighted by molar-refractivity contribution is 0.160. The molecule has 100 valence electrons. The Kier molecular flexibility index (Phi) is 5.75. The molecule has 0 aromatic heterocycles. The summed E-state index contributed by atoms with van der Waals surface area (Å²) in [6.07, 6.45) is 7.05. The van der Waals surface area contributed by atoms with Gasteiger partial charge in [-0.2, -0.15) is 0 Å². The molecule has 0 aromatic carbocycles. The maximum absolute atomic E-state index is 3.27. The number of nitrogens with zero attached hydrogens (tertiary/aromatic N) is 2. The molecule has 3 heteroatoms. The zero-order valence-corrected chi connectivity index (χ0v) is 11.5. The fourth-order valence-corrected chi connectivity index (χ4v) is 3.14. The first-order chi connectivity index (χ1) is 8.38. The van der Waals surface area contributed by atoms with Crippen LogP contribution in [0, 0.1) is 5.92 Å². The van der Waals surface area contributed by atoms with Crippen molar-refractivity contribution >= 4 is 0 Å². The molecule has 2 aliphatic rings. The molecule has 0 amide bonds. The number of piperidine rings is 1. The summed E-state index contributed by atoms with van der Waals surface area (Å²) in [6, 6.07) is 0. The predicted octanol–water partition coefficient (Wildman–Crippen LogP) is 1.40. The van der Waals surface area contributed by atoms with Crippen LogP contribution in [0.2, 0.25) is 0 Å². The number of hydrogen-bond acceptors (Lipinski definition) is 3. The molecule has 0 radical (unpaired) electrons. The van der Waals surface area contributed by atoms with Crippen LogP contribution in [0.1, 0.15) is 32.1 Å². The van der Waals surface area contributed by atoms with Gasteiger partial charge in [0.1, 0.15) is 0 Å². The summed E-state index contributed by atoms with van der Waals surface area (Å²) >= 11 is 0. The number of likely N-dealkylation sites (tertiary alicyclic amines) is 2. The second kappa shape index (κ2) is 7.34. The lowest BCUT2D eigenvalue weighted by Gasteiger charge is -2.33. The van der Waals surface area contributed by atoms with Crippen molar-refractivity contribution in [3.8, 4) is 0 Å². The molecular weight excluding hydrogens is 210 g/mol. The van der Waals surface area contributed by atoms with E-state index in [2.05, 4.69) is 22.2 Å². The van der Waals surface area contributed by atoms with E-state index >= 15 is 0 Å². The van der Waals surface area contributed by atoms with Crippen LogP contribution in [0.25, 0.3) is 0 Å². The van der Waals surface area contributed by atoms with E-state index < -0.39 is 0 Å². The third-order valence-corrected chi connectivity index (χ3v) is 4.44. The Morgan fingerprint density at radius 2 is 1.53 bits per heavy atom. The molecule has 2 fully saturated rings. The van der Waals surface area contributed by atoms with Crippen LogP contribution in [0.15, 0.2) is 0 Å². The van der Waals surface area contributed by atoms with E-state index in [1.807, 2.05) is 0 Å². The molecule has 0 atom stereocenters. The fraction of sp³-hybridized carbons (Fsp3) is 1.00. The van der Waals surface area contributed by atoms with E-state index in [0.717, 1.165) is 5.92 Å². The van der Waals surface area contributed by atoms with Gasteiger partial charge in [0.2, 0.25) is 0 Å². The minimum absolute atomic E-state index is 0.977. The third kappa shape index (κ3) is 4.57. The van der Waals surface area contributed by atoms with Gasteiger partial charge in [-0.3, -0.25) is 0 Å². The van der Waals surface area contributed by atoms with Crippen LogP contribution >= 0.6 is 0 Å². The van der Waals surface area contributed by atoms with Crippen LogP contribution in [0.3, 0.4) is 0 Å². The van der Waals surface area contributed by atoms with E-state index in [0.29, 0.717) is 0 Å². The van der Waals surface area contributed by atoms with Crippen LogP contribution in [-0.4, -0.2) is 62.7 Å². The highest BCUT2D eigenvalue weighted by atomic mass is 15.2. The molecule has 0 bridgehead atoms. The Bertz CT molecular complexity index is 194. The molecule has 0 aliphatic carbocycles. The van der Waals surface area contributed by atoms with Crippen LogP contribution in [-0.2, 0) is 0 Å². The van der Waals surface area contributed by atoms with Crippen LogP contribution < -0.4 is 5.32 Å². The van der Waals surface area contributed by atoms with Gasteiger partial charge in [0.25, 0.3) is 0 Å². The summed E-state index contributed by atoms with van der Waals surface area (Å²) in [5.74, 6) is 0.977. The van der Waals surface area contributed by atoms with Gasteiger partial charge in [-0.05, 0) is 77.8 Å². The standard InChI is InChI=1S/C14H29N3/c1-15-7-4-14-5-10-17(11-6-14)13-12-16-8-2-3-9-16/h14-15H,2-13H2,1H3. The molecule has 2 heterocycles. The molecule has 17 heavy (non-hydrogen) atoms. The summed E-state index contributed by atoms with van der Waals surface area (Å²) in [6.45, 7) is 9.17. The van der Waals surface area contributed by atoms with Crippen molar-refractivity contribution in [2.75, 3.05) is 52.9 Å². The van der Waals surface area contributed by atoms with Gasteiger partial charge in [-0.1, -0.05) is 0 Å². The molecule has 2 aliphatic heterocycles. The van der Waals surface area contributed by atoms with Crippen molar-refractivity contribution in [2.45, 2.75) is 32.1 Å². The Morgan fingerprint density at radius 1 is 0.941 bits per heavy atom. The Hall–Kier alpha value is -0.120. The Morgan fingerprint density at radius 3 is 2.12 bits per heavy atom. The van der Waals surface area contributed by atoms with Gasteiger partial charge in [-0.15, -0.1) is 0 Å². The minimum atomic E-state index is 0.977. The average molecular weight is 239 g/mol. The molecular formula is C14H29N3. The Balaban J connectivity index is 1.55. The van der Waals surface area contributed by atoms with Crippen molar-refractivity contribution < 1.29 is 0 Å². The van der Waals surface area contributed by atoms with Crippen LogP contribution in [0.4, 0.5) is 0 Å². The lowest BCUT2D eigenvalue weighted by Crippen LogP contribution is -2.39. The highest BCUT2D eigenvalue weighted by Crippen LogP contribution is 2.19. The zero-order chi connectivity index (χ0) is 11.9. The first-order valence-corrected chi connectivity index (χ1v) is 7.48. The summed E-state index contributed by atoms with van der Waals surface area (Å²) in [5, 5.41) is 3.27. The second-order valence-corrected chi connectivity index (χ2v) is 5.73. The van der Waals surface area contributed by atoms with E-state index in [9.17, 15) is 0 Å². The van der Waals surface area contributed by atoms with Gasteiger partial charge in [0, 0.05) is 13.1 Å². The number of nitrogens with one attached hydrogen (secondary N) is 1. The van der Waals surface area contributed by atoms with Crippen molar-refractivity contribution in [3.63, 3.8) is 0 Å². The van der Waals surface area contributed by atoms with Gasteiger partial charge in [0.15, 0.2) is 0 Å². The van der Waals surface area contributed by atoms with Gasteiger partial charge < -0.3 is 15.1 Å². The molecule has 2 saturated heterocycles. The lowest BCUT2D eigenvalue weighted by atomic mass is 9.93. The van der Waals surface area contributed by atoms with E-state index in [-0.39, 0.29) is 0 Å². The Labute approximate surface area is 107 Å². The quantitative estimate of drug-likeness (QED) is 0.756. The molecule has 1 N–H and O–H groups in total. The zero-order valence-electron chi connectivity index (χ0n) is 11.5. The van der Waals surface area contributed by atoms with E-state index in [1.54, 1.807) is 0 Å². The summed E-state index contributed by atoms with van der Waals surface area (Å²) in [4.78, 5) is 5.31. The smallest absolute Gasteiger partial charge is 0.0109 e. The number of rotatable bonds is 6. The van der Waals surface area contributed by atoms with Crippen molar-refractivity contribution in [2.24, 2.45) is 5.92 Å². The van der Waals surface area contributed by atoms with E-state index in [1.165, 1.54) is 77.9 Å². The van der Waals surface area contributed by atoms with Crippen LogP contribution in [0.5, 0.6) is 0 Å². The van der Waals surface area contributed by atoms with E-state index in [4.69, 9.17) is 0 Å². The molecule has 0 spiro atoms. The largest absolute Gasteiger partial charge is 0.320 e. The molecule has 3 nitrogen and oxygen atoms in total.